The normalized spacial score (nSPS) is 9.36. The Hall–Kier alpha value is -11.8. The van der Waals surface area contributed by atoms with E-state index in [9.17, 15) is 45.0 Å². The first-order chi connectivity index (χ1) is 62.1. The number of rotatable bonds is 6. The van der Waals surface area contributed by atoms with Gasteiger partial charge in [-0.05, 0) is 238 Å². The van der Waals surface area contributed by atoms with Crippen molar-refractivity contribution in [2.75, 3.05) is 12.5 Å². The third-order valence-corrected chi connectivity index (χ3v) is 15.4. The summed E-state index contributed by atoms with van der Waals surface area (Å²) in [6, 6.07) is 86.8. The Morgan fingerprint density at radius 2 is 0.356 bits per heavy atom. The average molecular weight is 1860 g/mol. The SMILES string of the molecule is CC.CC.CC.CC.CC.CC.CC.CC.CC.CC(C)(C(F)(F)F)C(F)(F)F.CC(C)(C)C.CS(C)(=O)=O.Cc1cc(Cc2cc(C)c(C)c(C)c2)c(O)c(Cc2cc(C)cc(Cc3cc(C)c(C)c(C)c3)c2O)c1.Oc1ccccc1.Oc1ccccc1.Oc1ccccc1.Oc1ccccc1.Oc1ccccc1.Oc1ccccc1.Oc1ccccc1.Oc1ccccc1. The molecule has 0 unspecified atom stereocenters. The Morgan fingerprint density at radius 1 is 0.235 bits per heavy atom. The molecular formula is C113H166F6O12S. The Bertz CT molecular complexity index is 4090. The molecule has 0 aliphatic heterocycles. The quantitative estimate of drug-likeness (QED) is 0.0700. The number of phenolic OH excluding ortho intramolecular Hbond substituents is 10. The van der Waals surface area contributed by atoms with Crippen molar-refractivity contribution in [2.45, 2.75) is 253 Å². The van der Waals surface area contributed by atoms with Gasteiger partial charge in [-0.3, -0.25) is 0 Å². The number of hydrogen-bond donors (Lipinski definition) is 10. The minimum Gasteiger partial charge on any atom is -0.508 e. The van der Waals surface area contributed by atoms with E-state index >= 15 is 0 Å². The first-order valence-corrected chi connectivity index (χ1v) is 47.3. The lowest BCUT2D eigenvalue weighted by Gasteiger charge is -2.29. The Balaban J connectivity index is -0.000000190. The number of phenols is 10. The highest BCUT2D eigenvalue weighted by atomic mass is 32.2. The predicted octanol–water partition coefficient (Wildman–Crippen LogP) is 33.6. The summed E-state index contributed by atoms with van der Waals surface area (Å²) in [4.78, 5) is 0. The maximum Gasteiger partial charge on any atom is 0.402 e. The molecule has 132 heavy (non-hydrogen) atoms. The third-order valence-electron chi connectivity index (χ3n) is 15.4. The van der Waals surface area contributed by atoms with E-state index in [0.29, 0.717) is 82.2 Å². The molecule has 0 bridgehead atoms. The van der Waals surface area contributed by atoms with E-state index in [1.807, 2.05) is 185 Å². The summed E-state index contributed by atoms with van der Waals surface area (Å²) in [6.07, 6.45) is -6.32. The maximum absolute atomic E-state index is 11.6. The first kappa shape index (κ1) is 138. The van der Waals surface area contributed by atoms with Crippen molar-refractivity contribution in [3.05, 3.63) is 369 Å². The second-order valence-corrected chi connectivity index (χ2v) is 30.8. The van der Waals surface area contributed by atoms with Gasteiger partial charge in [0.25, 0.3) is 0 Å². The van der Waals surface area contributed by atoms with Gasteiger partial charge in [0.15, 0.2) is 5.41 Å². The standard InChI is InChI=1S/C35H40O2.8C6H6O.C5H6F6.C5H12.C2H6O2S.9C2H6/c1-20-9-30(17-28-13-22(3)26(7)23(4)14-28)34(36)32(11-20)19-33-12-21(2)10-31(35(33)37)18-29-15-24(5)27(8)25(6)16-29;8*7-6-4-2-1-3-5-6;1-3(2,4(6,7)8)5(9,10)11;2*1-5(2,3)4;9*1-2/h9-16,36-37H,17-19H2,1-8H3;8*1-5,7H;1-2H3;1-4H3;1-2H3;9*1-2H3. The van der Waals surface area contributed by atoms with Gasteiger partial charge in [0, 0.05) is 31.8 Å². The summed E-state index contributed by atoms with van der Waals surface area (Å²) in [7, 11) is -2.67. The van der Waals surface area contributed by atoms with Crippen molar-refractivity contribution in [1.82, 2.24) is 0 Å². The largest absolute Gasteiger partial charge is 0.508 e. The lowest BCUT2D eigenvalue weighted by Crippen LogP contribution is -2.44. The van der Waals surface area contributed by atoms with Gasteiger partial charge in [-0.2, -0.15) is 26.3 Å². The Kier molecular flexibility index (Phi) is 87.4. The van der Waals surface area contributed by atoms with Gasteiger partial charge < -0.3 is 51.1 Å². The van der Waals surface area contributed by atoms with Crippen molar-refractivity contribution in [3.63, 3.8) is 0 Å². The zero-order chi connectivity index (χ0) is 104. The molecule has 12 rings (SSSR count). The third kappa shape index (κ3) is 75.9. The zero-order valence-corrected chi connectivity index (χ0v) is 86.6. The van der Waals surface area contributed by atoms with Gasteiger partial charge in [-0.25, -0.2) is 8.42 Å². The molecular weight excluding hydrogens is 1700 g/mol. The fourth-order valence-electron chi connectivity index (χ4n) is 9.09. The molecule has 0 saturated carbocycles. The van der Waals surface area contributed by atoms with Crippen LogP contribution in [0.3, 0.4) is 0 Å². The van der Waals surface area contributed by atoms with Crippen molar-refractivity contribution >= 4 is 9.84 Å². The molecule has 0 fully saturated rings. The summed E-state index contributed by atoms with van der Waals surface area (Å²) in [5.74, 6) is 3.23. The smallest absolute Gasteiger partial charge is 0.402 e. The number of aryl methyl sites for hydroxylation is 6. The van der Waals surface area contributed by atoms with E-state index in [2.05, 4.69) is 119 Å². The molecule has 738 valence electrons. The fraction of sp³-hybridized carbons (Fsp3) is 0.363. The van der Waals surface area contributed by atoms with Gasteiger partial charge in [0.2, 0.25) is 0 Å². The number of aromatic hydroxyl groups is 10. The van der Waals surface area contributed by atoms with Crippen LogP contribution in [0.15, 0.2) is 291 Å². The molecule has 0 heterocycles. The van der Waals surface area contributed by atoms with Gasteiger partial charge in [-0.1, -0.05) is 358 Å². The van der Waals surface area contributed by atoms with Crippen LogP contribution in [0.25, 0.3) is 0 Å². The van der Waals surface area contributed by atoms with Crippen molar-refractivity contribution in [2.24, 2.45) is 10.8 Å². The maximum atomic E-state index is 11.6. The molecule has 0 aliphatic carbocycles. The molecule has 0 spiro atoms. The molecule has 0 amide bonds. The van der Waals surface area contributed by atoms with E-state index in [4.69, 9.17) is 40.9 Å². The topological polar surface area (TPSA) is 236 Å². The van der Waals surface area contributed by atoms with Gasteiger partial charge in [-0.15, -0.1) is 0 Å². The predicted molar refractivity (Wildman–Crippen MR) is 554 cm³/mol. The Labute approximate surface area is 794 Å². The van der Waals surface area contributed by atoms with E-state index in [1.54, 1.807) is 194 Å². The molecule has 19 heteroatoms. The van der Waals surface area contributed by atoms with Crippen molar-refractivity contribution in [3.8, 4) is 57.5 Å². The van der Waals surface area contributed by atoms with E-state index in [0.717, 1.165) is 45.9 Å². The van der Waals surface area contributed by atoms with Crippen LogP contribution in [0.2, 0.25) is 0 Å². The van der Waals surface area contributed by atoms with Crippen LogP contribution < -0.4 is 0 Å². The molecule has 12 nitrogen and oxygen atoms in total. The molecule has 12 aromatic rings. The van der Waals surface area contributed by atoms with E-state index < -0.39 is 27.6 Å². The van der Waals surface area contributed by atoms with Crippen molar-refractivity contribution in [1.29, 1.82) is 0 Å². The second kappa shape index (κ2) is 83.5. The van der Waals surface area contributed by atoms with Crippen LogP contribution >= 0.6 is 0 Å². The van der Waals surface area contributed by atoms with E-state index in [-0.39, 0.29) is 13.8 Å². The average Bonchev–Trinajstić information content (AvgIpc) is 0.790. The lowest BCUT2D eigenvalue weighted by atomic mass is 9.91. The molecule has 0 aliphatic rings. The van der Waals surface area contributed by atoms with Crippen LogP contribution in [0.1, 0.15) is 244 Å². The van der Waals surface area contributed by atoms with Gasteiger partial charge in [0.05, 0.1) is 0 Å². The van der Waals surface area contributed by atoms with Crippen LogP contribution in [0.5, 0.6) is 57.5 Å². The van der Waals surface area contributed by atoms with Gasteiger partial charge in [0.1, 0.15) is 67.3 Å². The van der Waals surface area contributed by atoms with Gasteiger partial charge >= 0.3 is 12.4 Å². The van der Waals surface area contributed by atoms with E-state index in [1.165, 1.54) is 44.5 Å². The fourth-order valence-corrected chi connectivity index (χ4v) is 9.09. The Morgan fingerprint density at radius 3 is 0.455 bits per heavy atom. The van der Waals surface area contributed by atoms with Crippen LogP contribution in [0.4, 0.5) is 26.3 Å². The summed E-state index contributed by atoms with van der Waals surface area (Å²) < 4.78 is 88.9. The number of halogens is 6. The molecule has 0 atom stereocenters. The number of sulfone groups is 1. The summed E-state index contributed by atoms with van der Waals surface area (Å²) in [6.45, 7) is 62.0. The second-order valence-electron chi connectivity index (χ2n) is 28.6. The summed E-state index contributed by atoms with van der Waals surface area (Å²) >= 11 is 0. The number of para-hydroxylation sites is 8. The first-order valence-electron chi connectivity index (χ1n) is 45.0. The molecule has 10 N–H and O–H groups in total. The van der Waals surface area contributed by atoms with Crippen molar-refractivity contribution < 1.29 is 85.8 Å². The highest BCUT2D eigenvalue weighted by Crippen LogP contribution is 2.49. The zero-order valence-electron chi connectivity index (χ0n) is 85.8. The number of hydrogen-bond acceptors (Lipinski definition) is 12. The number of benzene rings is 12. The molecule has 0 saturated heterocycles. The molecule has 12 aromatic carbocycles. The number of alkyl halides is 6. The molecule has 0 aromatic heterocycles. The monoisotopic (exact) mass is 1860 g/mol. The minimum atomic E-state index is -5.24. The van der Waals surface area contributed by atoms with Crippen LogP contribution in [-0.4, -0.2) is 84.3 Å². The molecule has 0 radical (unpaired) electrons. The highest BCUT2D eigenvalue weighted by Gasteiger charge is 2.64. The lowest BCUT2D eigenvalue weighted by molar-refractivity contribution is -0.327. The van der Waals surface area contributed by atoms with Crippen LogP contribution in [-0.2, 0) is 29.1 Å². The minimum absolute atomic E-state index is 0.104. The summed E-state index contributed by atoms with van der Waals surface area (Å²) in [5.41, 5.74) is 12.8. The summed E-state index contributed by atoms with van der Waals surface area (Å²) in [5, 5.41) is 91.7. The highest BCUT2D eigenvalue weighted by molar-refractivity contribution is 7.89. The van der Waals surface area contributed by atoms with Crippen LogP contribution in [0, 0.1) is 66.2 Å².